The van der Waals surface area contributed by atoms with Crippen molar-refractivity contribution in [1.82, 2.24) is 0 Å². The fourth-order valence-electron chi connectivity index (χ4n) is 3.62. The number of rotatable bonds is 6. The van der Waals surface area contributed by atoms with E-state index in [1.54, 1.807) is 36.4 Å². The van der Waals surface area contributed by atoms with Gasteiger partial charge in [0.25, 0.3) is 5.91 Å². The fraction of sp³-hybridized carbons (Fsp3) is 0.154. The third-order valence-electron chi connectivity index (χ3n) is 5.33. The normalized spacial score (nSPS) is 10.8. The second kappa shape index (κ2) is 8.59. The van der Waals surface area contributed by atoms with E-state index in [1.807, 2.05) is 38.1 Å². The highest BCUT2D eigenvalue weighted by atomic mass is 16.5. The minimum Gasteiger partial charge on any atom is -0.497 e. The molecule has 32 heavy (non-hydrogen) atoms. The van der Waals surface area contributed by atoms with Crippen molar-refractivity contribution in [3.63, 3.8) is 0 Å². The molecule has 0 atom stereocenters. The molecule has 0 aliphatic carbocycles. The Labute approximate surface area is 185 Å². The van der Waals surface area contributed by atoms with Gasteiger partial charge >= 0.3 is 0 Å². The molecule has 162 valence electrons. The third kappa shape index (κ3) is 3.95. The van der Waals surface area contributed by atoms with Gasteiger partial charge in [-0.05, 0) is 56.3 Å². The lowest BCUT2D eigenvalue weighted by Crippen LogP contribution is -2.11. The number of furan rings is 1. The summed E-state index contributed by atoms with van der Waals surface area (Å²) in [5, 5.41) is 3.68. The first-order valence-corrected chi connectivity index (χ1v) is 10.1. The molecule has 0 spiro atoms. The molecule has 0 aliphatic rings. The summed E-state index contributed by atoms with van der Waals surface area (Å²) < 4.78 is 16.5. The largest absolute Gasteiger partial charge is 0.497 e. The lowest BCUT2D eigenvalue weighted by molar-refractivity contribution is 0.100. The maximum atomic E-state index is 13.3. The molecule has 1 heterocycles. The Morgan fingerprint density at radius 2 is 1.72 bits per heavy atom. The summed E-state index contributed by atoms with van der Waals surface area (Å²) in [7, 11) is 3.04. The van der Waals surface area contributed by atoms with E-state index in [-0.39, 0.29) is 17.5 Å². The van der Waals surface area contributed by atoms with Crippen LogP contribution in [0.15, 0.2) is 65.1 Å². The van der Waals surface area contributed by atoms with Gasteiger partial charge in [0, 0.05) is 28.3 Å². The van der Waals surface area contributed by atoms with Crippen LogP contribution < -0.4 is 14.8 Å². The average Bonchev–Trinajstić information content (AvgIpc) is 3.13. The number of ether oxygens (including phenoxy) is 2. The van der Waals surface area contributed by atoms with Gasteiger partial charge in [-0.2, -0.15) is 0 Å². The maximum absolute atomic E-state index is 13.3. The van der Waals surface area contributed by atoms with Crippen molar-refractivity contribution < 1.29 is 23.5 Å². The van der Waals surface area contributed by atoms with E-state index < -0.39 is 0 Å². The van der Waals surface area contributed by atoms with Crippen LogP contribution in [0.4, 0.5) is 5.69 Å². The van der Waals surface area contributed by atoms with E-state index in [0.29, 0.717) is 39.5 Å². The summed E-state index contributed by atoms with van der Waals surface area (Å²) >= 11 is 0. The number of aryl methyl sites for hydroxylation is 2. The van der Waals surface area contributed by atoms with Crippen LogP contribution in [-0.4, -0.2) is 25.9 Å². The highest BCUT2D eigenvalue weighted by Gasteiger charge is 2.23. The number of ketones is 1. The van der Waals surface area contributed by atoms with Gasteiger partial charge in [-0.25, -0.2) is 0 Å². The second-order valence-corrected chi connectivity index (χ2v) is 7.49. The minimum absolute atomic E-state index is 0.214. The molecule has 1 amide bonds. The lowest BCUT2D eigenvalue weighted by atomic mass is 10.0. The molecule has 6 heteroatoms. The summed E-state index contributed by atoms with van der Waals surface area (Å²) in [4.78, 5) is 25.8. The topological polar surface area (TPSA) is 77.8 Å². The maximum Gasteiger partial charge on any atom is 0.255 e. The van der Waals surface area contributed by atoms with Gasteiger partial charge in [0.2, 0.25) is 5.78 Å². The van der Waals surface area contributed by atoms with Crippen LogP contribution >= 0.6 is 0 Å². The Kier molecular flexibility index (Phi) is 5.69. The minimum atomic E-state index is -0.306. The van der Waals surface area contributed by atoms with Crippen molar-refractivity contribution in [2.45, 2.75) is 13.8 Å². The number of fused-ring (bicyclic) bond motifs is 1. The smallest absolute Gasteiger partial charge is 0.255 e. The van der Waals surface area contributed by atoms with E-state index in [4.69, 9.17) is 13.9 Å². The molecule has 4 rings (SSSR count). The number of carbonyl (C=O) groups is 2. The van der Waals surface area contributed by atoms with Crippen LogP contribution in [0.3, 0.4) is 0 Å². The van der Waals surface area contributed by atoms with E-state index in [0.717, 1.165) is 10.9 Å². The molecule has 0 saturated heterocycles. The Morgan fingerprint density at radius 1 is 0.906 bits per heavy atom. The van der Waals surface area contributed by atoms with Crippen LogP contribution in [-0.2, 0) is 0 Å². The van der Waals surface area contributed by atoms with Crippen molar-refractivity contribution >= 4 is 28.3 Å². The van der Waals surface area contributed by atoms with Crippen molar-refractivity contribution in [2.75, 3.05) is 19.5 Å². The first-order chi connectivity index (χ1) is 15.4. The van der Waals surface area contributed by atoms with Gasteiger partial charge in [0.05, 0.1) is 19.8 Å². The van der Waals surface area contributed by atoms with E-state index in [2.05, 4.69) is 5.32 Å². The van der Waals surface area contributed by atoms with E-state index in [9.17, 15) is 9.59 Å². The molecule has 1 aromatic heterocycles. The van der Waals surface area contributed by atoms with Crippen molar-refractivity contribution in [3.8, 4) is 11.5 Å². The first-order valence-electron chi connectivity index (χ1n) is 10.1. The molecule has 3 aromatic carbocycles. The molecular weight excluding hydrogens is 406 g/mol. The van der Waals surface area contributed by atoms with Gasteiger partial charge in [-0.15, -0.1) is 0 Å². The first kappa shape index (κ1) is 21.2. The average molecular weight is 429 g/mol. The Hall–Kier alpha value is -4.06. The monoisotopic (exact) mass is 429 g/mol. The number of amides is 1. The molecule has 6 nitrogen and oxygen atoms in total. The number of hydrogen-bond acceptors (Lipinski definition) is 5. The van der Waals surface area contributed by atoms with Gasteiger partial charge in [-0.3, -0.25) is 9.59 Å². The SMILES string of the molecule is COc1ccc(OC)c(C(=O)c2oc3cc(NC(=O)c4cccc(C)c4)ccc3c2C)c1. The standard InChI is InChI=1S/C26H23NO5/c1-15-6-5-7-17(12-15)26(29)27-18-8-10-20-16(2)25(32-23(20)13-18)24(28)21-14-19(30-3)9-11-22(21)31-4/h5-14H,1-4H3,(H,27,29). The molecule has 0 bridgehead atoms. The van der Waals surface area contributed by atoms with Gasteiger partial charge in [0.1, 0.15) is 17.1 Å². The molecule has 1 N–H and O–H groups in total. The van der Waals surface area contributed by atoms with Crippen LogP contribution in [0.5, 0.6) is 11.5 Å². The number of hydrogen-bond donors (Lipinski definition) is 1. The van der Waals surface area contributed by atoms with Gasteiger partial charge < -0.3 is 19.2 Å². The number of nitrogens with one attached hydrogen (secondary N) is 1. The molecule has 0 saturated carbocycles. The fourth-order valence-corrected chi connectivity index (χ4v) is 3.62. The van der Waals surface area contributed by atoms with Gasteiger partial charge in [-0.1, -0.05) is 17.7 Å². The van der Waals surface area contributed by atoms with Crippen LogP contribution in [0.25, 0.3) is 11.0 Å². The summed E-state index contributed by atoms with van der Waals surface area (Å²) in [6, 6.07) is 17.7. The number of anilines is 1. The number of methoxy groups -OCH3 is 2. The predicted octanol–water partition coefficient (Wildman–Crippen LogP) is 5.55. The molecule has 0 unspecified atom stereocenters. The van der Waals surface area contributed by atoms with Crippen molar-refractivity contribution in [3.05, 3.63) is 88.7 Å². The second-order valence-electron chi connectivity index (χ2n) is 7.49. The zero-order valence-corrected chi connectivity index (χ0v) is 18.3. The summed E-state index contributed by atoms with van der Waals surface area (Å²) in [6.07, 6.45) is 0. The van der Waals surface area contributed by atoms with Crippen LogP contribution in [0.1, 0.15) is 37.6 Å². The Balaban J connectivity index is 1.67. The Morgan fingerprint density at radius 3 is 2.44 bits per heavy atom. The van der Waals surface area contributed by atoms with Crippen molar-refractivity contribution in [1.29, 1.82) is 0 Å². The lowest BCUT2D eigenvalue weighted by Gasteiger charge is -2.08. The van der Waals surface area contributed by atoms with Crippen LogP contribution in [0.2, 0.25) is 0 Å². The quantitative estimate of drug-likeness (QED) is 0.407. The Bertz CT molecular complexity index is 1340. The molecule has 0 radical (unpaired) electrons. The zero-order valence-electron chi connectivity index (χ0n) is 18.3. The zero-order chi connectivity index (χ0) is 22.8. The van der Waals surface area contributed by atoms with Crippen molar-refractivity contribution in [2.24, 2.45) is 0 Å². The summed E-state index contributed by atoms with van der Waals surface area (Å²) in [5.41, 5.74) is 3.73. The third-order valence-corrected chi connectivity index (χ3v) is 5.33. The highest BCUT2D eigenvalue weighted by molar-refractivity contribution is 6.12. The highest BCUT2D eigenvalue weighted by Crippen LogP contribution is 2.32. The summed E-state index contributed by atoms with van der Waals surface area (Å²) in [6.45, 7) is 3.76. The molecule has 0 fully saturated rings. The van der Waals surface area contributed by atoms with Gasteiger partial charge in [0.15, 0.2) is 5.76 Å². The molecule has 0 aliphatic heterocycles. The number of benzene rings is 3. The van der Waals surface area contributed by atoms with E-state index >= 15 is 0 Å². The molecular formula is C26H23NO5. The van der Waals surface area contributed by atoms with E-state index in [1.165, 1.54) is 14.2 Å². The predicted molar refractivity (Wildman–Crippen MR) is 123 cm³/mol. The molecule has 4 aromatic rings. The number of carbonyl (C=O) groups excluding carboxylic acids is 2. The summed E-state index contributed by atoms with van der Waals surface area (Å²) in [5.74, 6) is 0.674. The van der Waals surface area contributed by atoms with Crippen LogP contribution in [0, 0.1) is 13.8 Å².